The summed E-state index contributed by atoms with van der Waals surface area (Å²) >= 11 is 0. The standard InChI is InChI=1S/C14H28N2O2/c1-3-18-13-8-14(9-13,11-15)16-6-4-12(5-7-16)10-17-2/h12-13H,3-11,15H2,1-2H3. The number of nitrogens with zero attached hydrogens (tertiary/aromatic N) is 1. The molecule has 0 aromatic rings. The second kappa shape index (κ2) is 6.33. The molecule has 18 heavy (non-hydrogen) atoms. The van der Waals surface area contributed by atoms with Gasteiger partial charge in [-0.1, -0.05) is 0 Å². The van der Waals surface area contributed by atoms with Gasteiger partial charge in [0.25, 0.3) is 0 Å². The van der Waals surface area contributed by atoms with Gasteiger partial charge in [0.15, 0.2) is 0 Å². The van der Waals surface area contributed by atoms with Gasteiger partial charge in [-0.2, -0.15) is 0 Å². The van der Waals surface area contributed by atoms with Gasteiger partial charge in [-0.15, -0.1) is 0 Å². The van der Waals surface area contributed by atoms with Crippen LogP contribution in [-0.4, -0.2) is 56.5 Å². The fraction of sp³-hybridized carbons (Fsp3) is 1.00. The molecule has 2 aliphatic rings. The Morgan fingerprint density at radius 3 is 2.44 bits per heavy atom. The Morgan fingerprint density at radius 2 is 1.94 bits per heavy atom. The van der Waals surface area contributed by atoms with E-state index in [0.29, 0.717) is 6.10 Å². The van der Waals surface area contributed by atoms with Gasteiger partial charge in [-0.3, -0.25) is 4.90 Å². The van der Waals surface area contributed by atoms with E-state index in [9.17, 15) is 0 Å². The van der Waals surface area contributed by atoms with Crippen LogP contribution in [0.4, 0.5) is 0 Å². The molecular formula is C14H28N2O2. The maximum atomic E-state index is 6.03. The van der Waals surface area contributed by atoms with Crippen LogP contribution >= 0.6 is 0 Å². The smallest absolute Gasteiger partial charge is 0.0611 e. The highest BCUT2D eigenvalue weighted by atomic mass is 16.5. The number of nitrogens with two attached hydrogens (primary N) is 1. The van der Waals surface area contributed by atoms with Crippen LogP contribution in [0, 0.1) is 5.92 Å². The first-order valence-corrected chi connectivity index (χ1v) is 7.29. The summed E-state index contributed by atoms with van der Waals surface area (Å²) in [5, 5.41) is 0. The number of likely N-dealkylation sites (tertiary alicyclic amines) is 1. The zero-order valence-corrected chi connectivity index (χ0v) is 11.9. The van der Waals surface area contributed by atoms with Crippen molar-refractivity contribution in [2.45, 2.75) is 44.2 Å². The summed E-state index contributed by atoms with van der Waals surface area (Å²) in [5.74, 6) is 0.740. The monoisotopic (exact) mass is 256 g/mol. The van der Waals surface area contributed by atoms with E-state index in [4.69, 9.17) is 15.2 Å². The molecule has 2 rings (SSSR count). The van der Waals surface area contributed by atoms with Gasteiger partial charge in [-0.25, -0.2) is 0 Å². The van der Waals surface area contributed by atoms with E-state index in [0.717, 1.165) is 38.5 Å². The molecule has 1 saturated heterocycles. The van der Waals surface area contributed by atoms with Gasteiger partial charge in [-0.05, 0) is 51.6 Å². The Hall–Kier alpha value is -0.160. The van der Waals surface area contributed by atoms with Crippen molar-refractivity contribution in [1.82, 2.24) is 4.90 Å². The van der Waals surface area contributed by atoms with Gasteiger partial charge in [0.05, 0.1) is 6.10 Å². The first-order chi connectivity index (χ1) is 8.74. The van der Waals surface area contributed by atoms with Crippen molar-refractivity contribution in [3.63, 3.8) is 0 Å². The molecule has 1 aliphatic carbocycles. The molecule has 0 aromatic heterocycles. The van der Waals surface area contributed by atoms with Gasteiger partial charge < -0.3 is 15.2 Å². The SMILES string of the molecule is CCOC1CC(CN)(N2CCC(COC)CC2)C1. The molecule has 2 N–H and O–H groups in total. The van der Waals surface area contributed by atoms with Crippen molar-refractivity contribution in [3.05, 3.63) is 0 Å². The first-order valence-electron chi connectivity index (χ1n) is 7.29. The molecule has 0 atom stereocenters. The number of methoxy groups -OCH3 is 1. The van der Waals surface area contributed by atoms with Crippen LogP contribution in [0.1, 0.15) is 32.6 Å². The van der Waals surface area contributed by atoms with Crippen molar-refractivity contribution in [1.29, 1.82) is 0 Å². The van der Waals surface area contributed by atoms with Crippen LogP contribution in [0.15, 0.2) is 0 Å². The van der Waals surface area contributed by atoms with E-state index in [-0.39, 0.29) is 5.54 Å². The van der Waals surface area contributed by atoms with Crippen molar-refractivity contribution >= 4 is 0 Å². The predicted octanol–water partition coefficient (Wildman–Crippen LogP) is 1.24. The zero-order chi connectivity index (χ0) is 13.0. The molecule has 4 nitrogen and oxygen atoms in total. The summed E-state index contributed by atoms with van der Waals surface area (Å²) in [6.07, 6.45) is 5.16. The largest absolute Gasteiger partial charge is 0.384 e. The maximum absolute atomic E-state index is 6.03. The number of piperidine rings is 1. The third-order valence-electron chi connectivity index (χ3n) is 4.69. The molecular weight excluding hydrogens is 228 g/mol. The number of hydrogen-bond acceptors (Lipinski definition) is 4. The van der Waals surface area contributed by atoms with Gasteiger partial charge >= 0.3 is 0 Å². The lowest BCUT2D eigenvalue weighted by molar-refractivity contribution is -0.109. The molecule has 0 spiro atoms. The molecule has 106 valence electrons. The summed E-state index contributed by atoms with van der Waals surface area (Å²) in [6.45, 7) is 6.91. The minimum atomic E-state index is 0.234. The quantitative estimate of drug-likeness (QED) is 0.777. The Kier molecular flexibility index (Phi) is 5.01. The molecule has 2 fully saturated rings. The van der Waals surface area contributed by atoms with Crippen LogP contribution in [0.2, 0.25) is 0 Å². The molecule has 0 aromatic carbocycles. The fourth-order valence-corrected chi connectivity index (χ4v) is 3.50. The van der Waals surface area contributed by atoms with Crippen LogP contribution in [0.5, 0.6) is 0 Å². The Bertz CT molecular complexity index is 246. The normalized spacial score (nSPS) is 34.5. The summed E-state index contributed by atoms with van der Waals surface area (Å²) in [6, 6.07) is 0. The third-order valence-corrected chi connectivity index (χ3v) is 4.69. The lowest BCUT2D eigenvalue weighted by Crippen LogP contribution is -2.65. The maximum Gasteiger partial charge on any atom is 0.0611 e. The van der Waals surface area contributed by atoms with Crippen molar-refractivity contribution in [3.8, 4) is 0 Å². The Morgan fingerprint density at radius 1 is 1.28 bits per heavy atom. The van der Waals surface area contributed by atoms with Gasteiger partial charge in [0.1, 0.15) is 0 Å². The zero-order valence-electron chi connectivity index (χ0n) is 11.9. The molecule has 1 heterocycles. The average molecular weight is 256 g/mol. The number of rotatable bonds is 6. The number of hydrogen-bond donors (Lipinski definition) is 1. The summed E-state index contributed by atoms with van der Waals surface area (Å²) < 4.78 is 10.9. The van der Waals surface area contributed by atoms with Crippen molar-refractivity contribution < 1.29 is 9.47 Å². The summed E-state index contributed by atoms with van der Waals surface area (Å²) in [5.41, 5.74) is 6.26. The topological polar surface area (TPSA) is 47.7 Å². The predicted molar refractivity (Wildman–Crippen MR) is 72.6 cm³/mol. The second-order valence-corrected chi connectivity index (χ2v) is 5.80. The summed E-state index contributed by atoms with van der Waals surface area (Å²) in [4.78, 5) is 2.61. The van der Waals surface area contributed by atoms with E-state index >= 15 is 0 Å². The van der Waals surface area contributed by atoms with Gasteiger partial charge in [0, 0.05) is 32.4 Å². The van der Waals surface area contributed by atoms with E-state index in [1.807, 2.05) is 0 Å². The van der Waals surface area contributed by atoms with Crippen LogP contribution in [-0.2, 0) is 9.47 Å². The molecule has 0 bridgehead atoms. The lowest BCUT2D eigenvalue weighted by atomic mass is 9.71. The lowest BCUT2D eigenvalue weighted by Gasteiger charge is -2.55. The fourth-order valence-electron chi connectivity index (χ4n) is 3.50. The van der Waals surface area contributed by atoms with E-state index in [2.05, 4.69) is 11.8 Å². The van der Waals surface area contributed by atoms with Crippen molar-refractivity contribution in [2.24, 2.45) is 11.7 Å². The summed E-state index contributed by atoms with van der Waals surface area (Å²) in [7, 11) is 1.80. The molecule has 4 heteroatoms. The molecule has 0 amide bonds. The highest BCUT2D eigenvalue weighted by molar-refractivity contribution is 5.05. The van der Waals surface area contributed by atoms with E-state index in [1.54, 1.807) is 7.11 Å². The van der Waals surface area contributed by atoms with Crippen LogP contribution in [0.25, 0.3) is 0 Å². The van der Waals surface area contributed by atoms with E-state index in [1.165, 1.54) is 25.9 Å². The van der Waals surface area contributed by atoms with E-state index < -0.39 is 0 Å². The Labute approximate surface area is 111 Å². The minimum Gasteiger partial charge on any atom is -0.384 e. The molecule has 0 unspecified atom stereocenters. The number of ether oxygens (including phenoxy) is 2. The molecule has 1 saturated carbocycles. The average Bonchev–Trinajstić information content (AvgIpc) is 2.35. The highest BCUT2D eigenvalue weighted by Crippen LogP contribution is 2.40. The molecule has 1 aliphatic heterocycles. The van der Waals surface area contributed by atoms with Crippen LogP contribution in [0.3, 0.4) is 0 Å². The Balaban J connectivity index is 1.81. The first kappa shape index (κ1) is 14.3. The van der Waals surface area contributed by atoms with Gasteiger partial charge in [0.2, 0.25) is 0 Å². The minimum absolute atomic E-state index is 0.234. The highest BCUT2D eigenvalue weighted by Gasteiger charge is 2.48. The second-order valence-electron chi connectivity index (χ2n) is 5.80. The molecule has 0 radical (unpaired) electrons. The van der Waals surface area contributed by atoms with Crippen LogP contribution < -0.4 is 5.73 Å². The third kappa shape index (κ3) is 2.87. The van der Waals surface area contributed by atoms with Crippen molar-refractivity contribution in [2.75, 3.05) is 40.0 Å².